The molecule has 0 aliphatic rings. The Morgan fingerprint density at radius 1 is 1.15 bits per heavy atom. The number of halogens is 3. The van der Waals surface area contributed by atoms with Crippen molar-refractivity contribution in [3.8, 4) is 0 Å². The summed E-state index contributed by atoms with van der Waals surface area (Å²) < 4.78 is 41.2. The van der Waals surface area contributed by atoms with Crippen molar-refractivity contribution in [3.63, 3.8) is 0 Å². The Bertz CT molecular complexity index is 1140. The zero-order chi connectivity index (χ0) is 25.1. The maximum Gasteiger partial charge on any atom is 0.452 e. The molecule has 34 heavy (non-hydrogen) atoms. The lowest BCUT2D eigenvalue weighted by Gasteiger charge is -2.20. The van der Waals surface area contributed by atoms with E-state index in [0.717, 1.165) is 15.5 Å². The average Bonchev–Trinajstić information content (AvgIpc) is 3.17. The van der Waals surface area contributed by atoms with Crippen LogP contribution in [-0.2, 0) is 6.18 Å². The van der Waals surface area contributed by atoms with Gasteiger partial charge < -0.3 is 20.5 Å². The van der Waals surface area contributed by atoms with Gasteiger partial charge in [-0.3, -0.25) is 9.72 Å². The van der Waals surface area contributed by atoms with Crippen LogP contribution in [0.1, 0.15) is 36.8 Å². The van der Waals surface area contributed by atoms with Crippen LogP contribution in [0.15, 0.2) is 42.2 Å². The monoisotopic (exact) mass is 494 g/mol. The topological polar surface area (TPSA) is 107 Å². The number of anilines is 2. The predicted molar refractivity (Wildman–Crippen MR) is 129 cm³/mol. The second kappa shape index (κ2) is 10.1. The van der Waals surface area contributed by atoms with E-state index in [2.05, 4.69) is 26.1 Å². The summed E-state index contributed by atoms with van der Waals surface area (Å²) in [5.41, 5.74) is 4.19. The Balaban J connectivity index is 1.90. The first-order valence-electron chi connectivity index (χ1n) is 10.8. The fourth-order valence-corrected chi connectivity index (χ4v) is 3.89. The van der Waals surface area contributed by atoms with Gasteiger partial charge in [-0.25, -0.2) is 0 Å². The number of hydrogen-bond acceptors (Lipinski definition) is 7. The van der Waals surface area contributed by atoms with E-state index in [1.165, 1.54) is 6.20 Å². The summed E-state index contributed by atoms with van der Waals surface area (Å²) in [5.74, 6) is -1.16. The molecule has 0 saturated carbocycles. The van der Waals surface area contributed by atoms with Crippen molar-refractivity contribution in [2.24, 2.45) is 0 Å². The van der Waals surface area contributed by atoms with E-state index in [0.29, 0.717) is 12.2 Å². The highest BCUT2D eigenvalue weighted by atomic mass is 28.4. The molecule has 0 bridgehead atoms. The summed E-state index contributed by atoms with van der Waals surface area (Å²) in [6.45, 7) is 7.76. The van der Waals surface area contributed by atoms with E-state index >= 15 is 0 Å². The van der Waals surface area contributed by atoms with Crippen LogP contribution in [0.5, 0.6) is 0 Å². The predicted octanol–water partition coefficient (Wildman–Crippen LogP) is 3.97. The SMILES string of the molecule is CCNC(O)Nc1cc(NC(C)c2ccc(C=C[Si](C)(C)O)cc2)cn2c(C(F)(F)F)nnc12. The van der Waals surface area contributed by atoms with Gasteiger partial charge in [-0.1, -0.05) is 43.0 Å². The zero-order valence-electron chi connectivity index (χ0n) is 19.4. The van der Waals surface area contributed by atoms with Crippen LogP contribution in [0.3, 0.4) is 0 Å². The van der Waals surface area contributed by atoms with Crippen LogP contribution >= 0.6 is 0 Å². The molecule has 3 rings (SSSR count). The van der Waals surface area contributed by atoms with Crippen LogP contribution in [0, 0.1) is 0 Å². The van der Waals surface area contributed by atoms with Gasteiger partial charge in [0.05, 0.1) is 11.4 Å². The normalized spacial score (nSPS) is 14.5. The minimum absolute atomic E-state index is 0.0611. The summed E-state index contributed by atoms with van der Waals surface area (Å²) >= 11 is 0. The molecule has 2 unspecified atom stereocenters. The quantitative estimate of drug-likeness (QED) is 0.226. The van der Waals surface area contributed by atoms with Crippen LogP contribution in [0.4, 0.5) is 24.5 Å². The van der Waals surface area contributed by atoms with Gasteiger partial charge in [-0.2, -0.15) is 13.2 Å². The molecule has 0 radical (unpaired) electrons. The summed E-state index contributed by atoms with van der Waals surface area (Å²) in [4.78, 5) is 9.96. The van der Waals surface area contributed by atoms with Gasteiger partial charge in [0, 0.05) is 12.2 Å². The highest BCUT2D eigenvalue weighted by Gasteiger charge is 2.37. The second-order valence-electron chi connectivity index (χ2n) is 8.48. The first kappa shape index (κ1) is 25.7. The molecule has 0 fully saturated rings. The molecule has 0 aliphatic carbocycles. The summed E-state index contributed by atoms with van der Waals surface area (Å²) in [6.07, 6.45) is -2.72. The average molecular weight is 495 g/mol. The molecule has 5 N–H and O–H groups in total. The number of alkyl halides is 3. The van der Waals surface area contributed by atoms with E-state index in [1.807, 2.05) is 56.1 Å². The first-order valence-corrected chi connectivity index (χ1v) is 13.8. The summed E-state index contributed by atoms with van der Waals surface area (Å²) in [5, 5.41) is 25.7. The molecule has 2 atom stereocenters. The Kier molecular flexibility index (Phi) is 7.66. The van der Waals surface area contributed by atoms with Gasteiger partial charge in [-0.15, -0.1) is 10.2 Å². The second-order valence-corrected chi connectivity index (χ2v) is 12.1. The molecule has 184 valence electrons. The molecule has 1 aromatic carbocycles. The van der Waals surface area contributed by atoms with Crippen molar-refractivity contribution >= 4 is 31.4 Å². The van der Waals surface area contributed by atoms with E-state index in [4.69, 9.17) is 0 Å². The summed E-state index contributed by atoms with van der Waals surface area (Å²) in [7, 11) is -2.30. The lowest BCUT2D eigenvalue weighted by atomic mass is 10.1. The Morgan fingerprint density at radius 2 is 1.82 bits per heavy atom. The number of nitrogens with zero attached hydrogens (tertiary/aromatic N) is 3. The van der Waals surface area contributed by atoms with Crippen molar-refractivity contribution in [1.82, 2.24) is 19.9 Å². The first-order chi connectivity index (χ1) is 15.9. The molecule has 0 saturated heterocycles. The fourth-order valence-electron chi connectivity index (χ4n) is 3.29. The lowest BCUT2D eigenvalue weighted by Crippen LogP contribution is -2.35. The molecule has 8 nitrogen and oxygen atoms in total. The van der Waals surface area contributed by atoms with Crippen LogP contribution in [0.25, 0.3) is 11.7 Å². The third kappa shape index (κ3) is 6.56. The molecule has 2 heterocycles. The third-order valence-corrected chi connectivity index (χ3v) is 5.93. The van der Waals surface area contributed by atoms with Crippen LogP contribution in [-0.4, -0.2) is 45.7 Å². The van der Waals surface area contributed by atoms with E-state index in [9.17, 15) is 23.1 Å². The van der Waals surface area contributed by atoms with E-state index in [-0.39, 0.29) is 17.4 Å². The van der Waals surface area contributed by atoms with Gasteiger partial charge in [0.1, 0.15) is 0 Å². The minimum atomic E-state index is -4.70. The van der Waals surface area contributed by atoms with E-state index in [1.54, 1.807) is 13.0 Å². The van der Waals surface area contributed by atoms with Crippen LogP contribution in [0.2, 0.25) is 13.1 Å². The number of benzene rings is 1. The maximum absolute atomic E-state index is 13.5. The lowest BCUT2D eigenvalue weighted by molar-refractivity contribution is -0.145. The van der Waals surface area contributed by atoms with Crippen molar-refractivity contribution in [3.05, 3.63) is 59.2 Å². The van der Waals surface area contributed by atoms with Crippen molar-refractivity contribution < 1.29 is 23.1 Å². The molecule has 3 aromatic rings. The number of aliphatic hydroxyl groups excluding tert-OH is 1. The van der Waals surface area contributed by atoms with Gasteiger partial charge in [-0.05, 0) is 43.8 Å². The number of hydrogen-bond donors (Lipinski definition) is 5. The largest absolute Gasteiger partial charge is 0.452 e. The van der Waals surface area contributed by atoms with Gasteiger partial charge in [0.15, 0.2) is 12.0 Å². The highest BCUT2D eigenvalue weighted by molar-refractivity contribution is 6.75. The molecule has 0 aliphatic heterocycles. The number of nitrogens with one attached hydrogen (secondary N) is 3. The van der Waals surface area contributed by atoms with Gasteiger partial charge >= 0.3 is 6.18 Å². The summed E-state index contributed by atoms with van der Waals surface area (Å²) in [6, 6.07) is 8.98. The smallest absolute Gasteiger partial charge is 0.428 e. The molecule has 12 heteroatoms. The third-order valence-electron chi connectivity index (χ3n) is 4.95. The van der Waals surface area contributed by atoms with Crippen molar-refractivity contribution in [2.75, 3.05) is 17.2 Å². The Hall–Kier alpha value is -2.93. The number of pyridine rings is 1. The number of aliphatic hydroxyl groups is 1. The van der Waals surface area contributed by atoms with Crippen molar-refractivity contribution in [2.45, 2.75) is 45.5 Å². The van der Waals surface area contributed by atoms with Gasteiger partial charge in [0.25, 0.3) is 0 Å². The number of fused-ring (bicyclic) bond motifs is 1. The Labute approximate surface area is 196 Å². The Morgan fingerprint density at radius 3 is 2.41 bits per heavy atom. The molecule has 0 amide bonds. The highest BCUT2D eigenvalue weighted by Crippen LogP contribution is 2.32. The van der Waals surface area contributed by atoms with Gasteiger partial charge in [0.2, 0.25) is 14.1 Å². The molecular weight excluding hydrogens is 465 g/mol. The van der Waals surface area contributed by atoms with Crippen LogP contribution < -0.4 is 16.0 Å². The molecular formula is C22H29F3N6O2Si. The standard InChI is InChI=1S/C22H29F3N6O2Si/c1-5-26-21(32)28-18-12-17(13-31-19(18)29-30-20(31)22(23,24)25)27-14(2)16-8-6-15(7-9-16)10-11-34(3,4)33/h6-14,21,26-28,32-33H,5H2,1-4H3. The minimum Gasteiger partial charge on any atom is -0.428 e. The maximum atomic E-state index is 13.5. The molecule has 0 spiro atoms. The number of aromatic nitrogens is 3. The fraction of sp³-hybridized carbons (Fsp3) is 0.364. The van der Waals surface area contributed by atoms with E-state index < -0.39 is 26.7 Å². The zero-order valence-corrected chi connectivity index (χ0v) is 20.4. The number of rotatable bonds is 9. The molecule has 2 aromatic heterocycles. The van der Waals surface area contributed by atoms with Crippen molar-refractivity contribution in [1.29, 1.82) is 0 Å².